The number of phosphoric acid groups is 4. The van der Waals surface area contributed by atoms with Crippen molar-refractivity contribution in [2.75, 3.05) is 58.2 Å². The fourth-order valence-electron chi connectivity index (χ4n) is 9.82. The van der Waals surface area contributed by atoms with Gasteiger partial charge >= 0.3 is 36.9 Å². The van der Waals surface area contributed by atoms with E-state index in [2.05, 4.69) is 48.5 Å². The number of hydrogen-bond donors (Lipinski definition) is 12. The number of ether oxygens (including phenoxy) is 4. The van der Waals surface area contributed by atoms with Crippen LogP contribution in [-0.2, 0) is 75.3 Å². The standard InChI is InChI=1S/C42H54N16O24P4/c1-54(2)23(59)9-19-20(77-38(27(19)60)58-17-55(10-18-7-5-4-6-8-18)26-35(58)51-42(45)53-37(26)64)11-75-84(67,68)81-86(71,72)82-85(69,70)76-13-22-30(31(73-3)40(79-22)56-15-48-24-32(43)46-14-47-33(24)56)80-83(65,66)74-12-21-28(61)29(62)39(78-21)57-16-49-25-34(57)50-41(44)52-36(25)63/h4-8,14-17,19-22,27-31,38-40,60-62H,9-13H2,1-3H3,(H11-,43,44,45,46,47,50,51,52,53,63,64,65,66,67,68,69,70,71,72)/p+1/t19-,20-,21-,22-,27-,28-,29-,30-,31-,38?,39-,40-/m1/s1. The molecule has 86 heavy (non-hydrogen) atoms. The number of aromatic nitrogens is 12. The van der Waals surface area contributed by atoms with E-state index in [9.17, 15) is 67.5 Å². The van der Waals surface area contributed by atoms with Crippen LogP contribution in [0.25, 0.3) is 33.5 Å². The number of carbonyl (C=O) groups is 1. The fourth-order valence-corrected chi connectivity index (χ4v) is 14.3. The highest BCUT2D eigenvalue weighted by Gasteiger charge is 2.54. The first-order valence-corrected chi connectivity index (χ1v) is 31.1. The lowest BCUT2D eigenvalue weighted by molar-refractivity contribution is -0.745. The molecule has 5 unspecified atom stereocenters. The summed E-state index contributed by atoms with van der Waals surface area (Å²) in [5.74, 6) is -2.55. The number of amides is 1. The maximum absolute atomic E-state index is 13.8. The summed E-state index contributed by atoms with van der Waals surface area (Å²) in [6, 6.07) is 8.89. The van der Waals surface area contributed by atoms with Gasteiger partial charge in [-0.3, -0.25) is 56.1 Å². The first-order chi connectivity index (χ1) is 40.5. The predicted octanol–water partition coefficient (Wildman–Crippen LogP) is -2.47. The van der Waals surface area contributed by atoms with Crippen LogP contribution in [0, 0.1) is 5.92 Å². The highest BCUT2D eigenvalue weighted by molar-refractivity contribution is 7.66. The molecule has 9 heterocycles. The summed E-state index contributed by atoms with van der Waals surface area (Å²) >= 11 is 0. The van der Waals surface area contributed by atoms with Gasteiger partial charge < -0.3 is 75.9 Å². The summed E-state index contributed by atoms with van der Waals surface area (Å²) < 4.78 is 112. The largest absolute Gasteiger partial charge is 0.490 e. The molecule has 0 radical (unpaired) electrons. The predicted molar refractivity (Wildman–Crippen MR) is 284 cm³/mol. The van der Waals surface area contributed by atoms with E-state index < -0.39 is 148 Å². The van der Waals surface area contributed by atoms with Gasteiger partial charge in [-0.25, -0.2) is 42.8 Å². The third kappa shape index (κ3) is 13.1. The van der Waals surface area contributed by atoms with Gasteiger partial charge in [0.25, 0.3) is 17.1 Å². The van der Waals surface area contributed by atoms with Crippen molar-refractivity contribution in [1.29, 1.82) is 0 Å². The molecular formula is C42H55N16O24P4+. The van der Waals surface area contributed by atoms with E-state index in [1.807, 2.05) is 0 Å². The molecule has 40 nitrogen and oxygen atoms in total. The topological polar surface area (TPSA) is 562 Å². The van der Waals surface area contributed by atoms with Crippen LogP contribution in [-0.4, -0.2) is 189 Å². The average molecular weight is 1290 g/mol. The Bertz CT molecular complexity index is 4000. The molecule has 3 saturated heterocycles. The summed E-state index contributed by atoms with van der Waals surface area (Å²) in [7, 11) is -19.8. The fraction of sp³-hybridized carbons (Fsp3) is 0.476. The lowest BCUT2D eigenvalue weighted by Crippen LogP contribution is -2.45. The van der Waals surface area contributed by atoms with Crippen LogP contribution >= 0.6 is 31.3 Å². The van der Waals surface area contributed by atoms with E-state index in [0.29, 0.717) is 0 Å². The number of hydrogen-bond acceptors (Lipinski definition) is 29. The number of aliphatic hydroxyl groups excluding tert-OH is 3. The number of fused-ring (bicyclic) bond motifs is 3. The minimum atomic E-state index is -6.27. The summed E-state index contributed by atoms with van der Waals surface area (Å²) in [6.07, 6.45) is -14.0. The Morgan fingerprint density at radius 1 is 0.709 bits per heavy atom. The van der Waals surface area contributed by atoms with Gasteiger partial charge in [-0.2, -0.15) is 13.6 Å². The molecule has 10 rings (SSSR count). The molecular weight excluding hydrogens is 1240 g/mol. The minimum absolute atomic E-state index is 0.00245. The van der Waals surface area contributed by atoms with E-state index in [4.69, 9.17) is 54.2 Å². The number of carbonyl (C=O) groups excluding carboxylic acids is 1. The molecule has 44 heteroatoms. The van der Waals surface area contributed by atoms with Crippen molar-refractivity contribution in [3.63, 3.8) is 0 Å². The first-order valence-electron chi connectivity index (χ1n) is 25.1. The van der Waals surface area contributed by atoms with Crippen molar-refractivity contribution < 1.29 is 108 Å². The molecule has 7 aromatic rings. The number of H-pyrrole nitrogens is 2. The molecule has 1 amide bonds. The zero-order valence-corrected chi connectivity index (χ0v) is 48.2. The molecule has 0 spiro atoms. The lowest BCUT2D eigenvalue weighted by atomic mass is 9.94. The monoisotopic (exact) mass is 1290 g/mol. The van der Waals surface area contributed by atoms with Gasteiger partial charge in [0, 0.05) is 33.5 Å². The van der Waals surface area contributed by atoms with E-state index in [1.54, 1.807) is 30.3 Å². The summed E-state index contributed by atoms with van der Waals surface area (Å²) in [6.45, 7) is -3.23. The van der Waals surface area contributed by atoms with E-state index in [0.717, 1.165) is 36.2 Å². The Morgan fingerprint density at radius 2 is 1.31 bits per heavy atom. The van der Waals surface area contributed by atoms with Crippen LogP contribution < -0.4 is 32.9 Å². The second-order valence-corrected chi connectivity index (χ2v) is 25.7. The number of nitrogens with zero attached hydrogens (tertiary/aromatic N) is 11. The Labute approximate surface area is 480 Å². The molecule has 6 aromatic heterocycles. The molecule has 0 bridgehead atoms. The van der Waals surface area contributed by atoms with Crippen LogP contribution in [0.2, 0.25) is 0 Å². The Kier molecular flexibility index (Phi) is 17.7. The van der Waals surface area contributed by atoms with Crippen LogP contribution in [0.15, 0.2) is 65.2 Å². The van der Waals surface area contributed by atoms with E-state index in [-0.39, 0.29) is 57.8 Å². The Morgan fingerprint density at radius 3 is 1.99 bits per heavy atom. The molecule has 0 saturated carbocycles. The normalized spacial score (nSPS) is 28.0. The van der Waals surface area contributed by atoms with Gasteiger partial charge in [0.05, 0.1) is 45.1 Å². The number of anilines is 3. The smallest absolute Gasteiger partial charge is 0.387 e. The number of phosphoric ester groups is 3. The highest BCUT2D eigenvalue weighted by Crippen LogP contribution is 2.68. The van der Waals surface area contributed by atoms with Crippen LogP contribution in [0.4, 0.5) is 17.7 Å². The zero-order chi connectivity index (χ0) is 61.9. The average Bonchev–Trinajstić information content (AvgIpc) is 2.28. The number of aliphatic hydroxyl groups is 3. The van der Waals surface area contributed by atoms with E-state index in [1.165, 1.54) is 39.0 Å². The molecule has 3 fully saturated rings. The number of nitrogens with one attached hydrogen (secondary N) is 2. The number of aromatic amines is 2. The van der Waals surface area contributed by atoms with Crippen LogP contribution in [0.5, 0.6) is 0 Å². The SMILES string of the molecule is CO[C@@H]1[C@H](OP(=O)(O)OC[C@H]2O[C@@H](n3cnc4c(=O)[nH]c(N)nc43)[C@H](O)[C@@H]2O)[C@@H](COP(=O)(O)OP(=O)(O)OP(=O)(O)OC[C@H]2OC([n+]3cn(Cc4ccccc4)c4c(=O)[nH]c(N)nc43)[C@H](O)[C@@H]2CC(=O)N(C)C)O[C@H]1n1cnc2c(N)ncnc21. The molecule has 15 N–H and O–H groups in total. The van der Waals surface area contributed by atoms with Crippen LogP contribution in [0.3, 0.4) is 0 Å². The number of imidazole rings is 3. The van der Waals surface area contributed by atoms with Gasteiger partial charge in [-0.1, -0.05) is 35.3 Å². The van der Waals surface area contributed by atoms with E-state index >= 15 is 0 Å². The first kappa shape index (κ1) is 62.6. The highest BCUT2D eigenvalue weighted by atomic mass is 31.3. The number of methoxy groups -OCH3 is 1. The Hall–Kier alpha value is -6.42. The van der Waals surface area contributed by atoms with Gasteiger partial charge in [-0.15, -0.1) is 0 Å². The minimum Gasteiger partial charge on any atom is -0.387 e. The molecule has 3 aliphatic rings. The lowest BCUT2D eigenvalue weighted by Gasteiger charge is -2.26. The maximum Gasteiger partial charge on any atom is 0.490 e. The number of nitrogens with two attached hydrogens (primary N) is 3. The summed E-state index contributed by atoms with van der Waals surface area (Å²) in [5, 5.41) is 33.6. The van der Waals surface area contributed by atoms with Crippen molar-refractivity contribution in [3.8, 4) is 0 Å². The maximum atomic E-state index is 13.8. The van der Waals surface area contributed by atoms with Crippen LogP contribution in [0.1, 0.15) is 30.7 Å². The van der Waals surface area contributed by atoms with Crippen molar-refractivity contribution >= 4 is 88.4 Å². The van der Waals surface area contributed by atoms with Gasteiger partial charge in [0.2, 0.25) is 23.6 Å². The van der Waals surface area contributed by atoms with Crippen molar-refractivity contribution in [1.82, 2.24) is 58.5 Å². The Balaban J connectivity index is 0.823. The molecule has 1 aromatic carbocycles. The number of benzene rings is 1. The third-order valence-electron chi connectivity index (χ3n) is 13.7. The van der Waals surface area contributed by atoms with Gasteiger partial charge in [0.1, 0.15) is 54.6 Å². The second-order valence-electron chi connectivity index (χ2n) is 19.6. The number of nitrogen functional groups attached to an aromatic ring is 3. The van der Waals surface area contributed by atoms with Crippen molar-refractivity contribution in [2.45, 2.75) is 80.5 Å². The third-order valence-corrected chi connectivity index (χ3v) is 19.0. The van der Waals surface area contributed by atoms with Gasteiger partial charge in [-0.05, 0) is 5.56 Å². The van der Waals surface area contributed by atoms with Crippen molar-refractivity contribution in [2.24, 2.45) is 5.92 Å². The summed E-state index contributed by atoms with van der Waals surface area (Å²) in [5.41, 5.74) is 16.5. The summed E-state index contributed by atoms with van der Waals surface area (Å²) in [4.78, 5) is 112. The van der Waals surface area contributed by atoms with Gasteiger partial charge in [0.15, 0.2) is 41.4 Å². The quantitative estimate of drug-likeness (QED) is 0.0233. The molecule has 466 valence electrons. The zero-order valence-electron chi connectivity index (χ0n) is 44.7. The van der Waals surface area contributed by atoms with Crippen molar-refractivity contribution in [3.05, 3.63) is 81.9 Å². The second kappa shape index (κ2) is 24.3. The molecule has 3 aliphatic heterocycles. The number of rotatable bonds is 23. The molecule has 16 atom stereocenters. The molecule has 0 aliphatic carbocycles.